The average Bonchev–Trinajstić information content (AvgIpc) is 2.72. The zero-order valence-corrected chi connectivity index (χ0v) is 16.0. The molecule has 0 radical (unpaired) electrons. The highest BCUT2D eigenvalue weighted by Crippen LogP contribution is 2.35. The van der Waals surface area contributed by atoms with Crippen LogP contribution in [0.5, 0.6) is 0 Å². The van der Waals surface area contributed by atoms with Crippen LogP contribution in [0.1, 0.15) is 52.5 Å². The van der Waals surface area contributed by atoms with Crippen LogP contribution in [-0.4, -0.2) is 36.0 Å². The monoisotopic (exact) mass is 381 g/mol. The lowest BCUT2D eigenvalue weighted by Gasteiger charge is -2.47. The van der Waals surface area contributed by atoms with Crippen molar-refractivity contribution in [3.8, 4) is 0 Å². The molecule has 2 heterocycles. The van der Waals surface area contributed by atoms with E-state index in [9.17, 15) is 14.0 Å². The fraction of sp³-hybridized carbons (Fsp3) is 0.364. The van der Waals surface area contributed by atoms with Crippen molar-refractivity contribution in [2.24, 2.45) is 0 Å². The Kier molecular flexibility index (Phi) is 5.03. The van der Waals surface area contributed by atoms with E-state index in [2.05, 4.69) is 17.1 Å². The van der Waals surface area contributed by atoms with Gasteiger partial charge in [-0.25, -0.2) is 4.39 Å². The Balaban J connectivity index is 1.57. The average molecular weight is 381 g/mol. The van der Waals surface area contributed by atoms with Crippen LogP contribution < -0.4 is 10.2 Å². The summed E-state index contributed by atoms with van der Waals surface area (Å²) in [5.41, 5.74) is 2.69. The summed E-state index contributed by atoms with van der Waals surface area (Å²) >= 11 is 0. The number of piperidine rings is 1. The van der Waals surface area contributed by atoms with Crippen molar-refractivity contribution in [1.82, 2.24) is 10.2 Å². The summed E-state index contributed by atoms with van der Waals surface area (Å²) in [4.78, 5) is 29.7. The maximum Gasteiger partial charge on any atom is 0.257 e. The van der Waals surface area contributed by atoms with E-state index in [1.54, 1.807) is 24.3 Å². The van der Waals surface area contributed by atoms with Crippen molar-refractivity contribution in [3.05, 3.63) is 65.0 Å². The van der Waals surface area contributed by atoms with Crippen molar-refractivity contribution >= 4 is 17.5 Å². The van der Waals surface area contributed by atoms with Gasteiger partial charge in [-0.05, 0) is 62.1 Å². The summed E-state index contributed by atoms with van der Waals surface area (Å²) < 4.78 is 13.3. The zero-order valence-electron chi connectivity index (χ0n) is 16.0. The molecule has 4 rings (SSSR count). The molecule has 2 amide bonds. The second-order valence-electron chi connectivity index (χ2n) is 7.31. The van der Waals surface area contributed by atoms with E-state index < -0.39 is 0 Å². The predicted octanol–water partition coefficient (Wildman–Crippen LogP) is 3.55. The standard InChI is InChI=1S/C22H24FN3O2/c1-2-25-19-13-16(21(27)24-14-15-6-5-7-17(23)12-15)9-10-18(19)22(28)26-11-4-3-8-20(25)26/h5-7,9-10,12-13,20H,2-4,8,11,14H2,1H3,(H,24,27)/t20-/m1/s1. The van der Waals surface area contributed by atoms with Crippen LogP contribution in [0, 0.1) is 5.82 Å². The molecule has 0 saturated carbocycles. The Bertz CT molecular complexity index is 914. The summed E-state index contributed by atoms with van der Waals surface area (Å²) in [6.07, 6.45) is 3.17. The normalized spacial score (nSPS) is 18.5. The summed E-state index contributed by atoms with van der Waals surface area (Å²) in [6, 6.07) is 11.4. The van der Waals surface area contributed by atoms with E-state index in [0.29, 0.717) is 16.7 Å². The summed E-state index contributed by atoms with van der Waals surface area (Å²) in [5.74, 6) is -0.507. The molecule has 1 N–H and O–H groups in total. The lowest BCUT2D eigenvalue weighted by atomic mass is 9.97. The van der Waals surface area contributed by atoms with Crippen molar-refractivity contribution in [1.29, 1.82) is 0 Å². The zero-order chi connectivity index (χ0) is 19.7. The van der Waals surface area contributed by atoms with E-state index >= 15 is 0 Å². The smallest absolute Gasteiger partial charge is 0.257 e. The lowest BCUT2D eigenvalue weighted by molar-refractivity contribution is 0.0582. The van der Waals surface area contributed by atoms with Gasteiger partial charge in [0.15, 0.2) is 0 Å². The van der Waals surface area contributed by atoms with Crippen LogP contribution in [0.3, 0.4) is 0 Å². The molecule has 1 atom stereocenters. The van der Waals surface area contributed by atoms with Crippen LogP contribution in [0.4, 0.5) is 10.1 Å². The molecule has 0 bridgehead atoms. The molecule has 28 heavy (non-hydrogen) atoms. The minimum atomic E-state index is -0.324. The number of benzene rings is 2. The number of rotatable bonds is 4. The van der Waals surface area contributed by atoms with Crippen LogP contribution in [0.15, 0.2) is 42.5 Å². The molecule has 6 heteroatoms. The third-order valence-corrected chi connectivity index (χ3v) is 5.57. The Morgan fingerprint density at radius 3 is 2.86 bits per heavy atom. The number of nitrogens with one attached hydrogen (secondary N) is 1. The Hall–Kier alpha value is -2.89. The number of hydrogen-bond donors (Lipinski definition) is 1. The predicted molar refractivity (Wildman–Crippen MR) is 106 cm³/mol. The fourth-order valence-corrected chi connectivity index (χ4v) is 4.19. The summed E-state index contributed by atoms with van der Waals surface area (Å²) in [7, 11) is 0. The van der Waals surface area contributed by atoms with Gasteiger partial charge in [-0.3, -0.25) is 9.59 Å². The van der Waals surface area contributed by atoms with Crippen molar-refractivity contribution in [2.75, 3.05) is 18.0 Å². The van der Waals surface area contributed by atoms with Gasteiger partial charge in [0, 0.05) is 25.2 Å². The van der Waals surface area contributed by atoms with Crippen LogP contribution in [-0.2, 0) is 6.54 Å². The van der Waals surface area contributed by atoms with Crippen molar-refractivity contribution in [3.63, 3.8) is 0 Å². The first-order valence-electron chi connectivity index (χ1n) is 9.83. The third-order valence-electron chi connectivity index (χ3n) is 5.57. The van der Waals surface area contributed by atoms with Gasteiger partial charge < -0.3 is 15.1 Å². The number of nitrogens with zero attached hydrogens (tertiary/aromatic N) is 2. The van der Waals surface area contributed by atoms with E-state index in [-0.39, 0.29) is 30.3 Å². The van der Waals surface area contributed by atoms with Crippen molar-refractivity contribution in [2.45, 2.75) is 38.9 Å². The van der Waals surface area contributed by atoms with Gasteiger partial charge in [-0.15, -0.1) is 0 Å². The minimum Gasteiger partial charge on any atom is -0.351 e. The largest absolute Gasteiger partial charge is 0.351 e. The molecule has 0 unspecified atom stereocenters. The molecule has 2 aromatic rings. The van der Waals surface area contributed by atoms with Gasteiger partial charge in [-0.2, -0.15) is 0 Å². The van der Waals surface area contributed by atoms with Gasteiger partial charge in [0.05, 0.1) is 11.3 Å². The van der Waals surface area contributed by atoms with Gasteiger partial charge in [0.2, 0.25) is 0 Å². The van der Waals surface area contributed by atoms with Gasteiger partial charge in [0.1, 0.15) is 12.0 Å². The van der Waals surface area contributed by atoms with Crippen LogP contribution >= 0.6 is 0 Å². The van der Waals surface area contributed by atoms with Gasteiger partial charge in [0.25, 0.3) is 11.8 Å². The highest BCUT2D eigenvalue weighted by atomic mass is 19.1. The molecule has 1 saturated heterocycles. The third kappa shape index (κ3) is 3.35. The highest BCUT2D eigenvalue weighted by molar-refractivity contribution is 6.04. The van der Waals surface area contributed by atoms with E-state index in [1.165, 1.54) is 12.1 Å². The summed E-state index contributed by atoms with van der Waals surface area (Å²) in [6.45, 7) is 3.88. The summed E-state index contributed by atoms with van der Waals surface area (Å²) in [5, 5.41) is 2.83. The fourth-order valence-electron chi connectivity index (χ4n) is 4.19. The molecule has 2 aromatic carbocycles. The number of carbonyl (C=O) groups is 2. The lowest BCUT2D eigenvalue weighted by Crippen LogP contribution is -2.57. The van der Waals surface area contributed by atoms with Crippen LogP contribution in [0.2, 0.25) is 0 Å². The maximum atomic E-state index is 13.3. The SMILES string of the molecule is CCN1c2cc(C(=O)NCc3cccc(F)c3)ccc2C(=O)N2CCCC[C@@H]21. The topological polar surface area (TPSA) is 52.7 Å². The quantitative estimate of drug-likeness (QED) is 0.881. The number of amides is 2. The highest BCUT2D eigenvalue weighted by Gasteiger charge is 2.38. The van der Waals surface area contributed by atoms with E-state index in [4.69, 9.17) is 0 Å². The number of hydrogen-bond acceptors (Lipinski definition) is 3. The first-order chi connectivity index (χ1) is 13.6. The van der Waals surface area contributed by atoms with Gasteiger partial charge in [-0.1, -0.05) is 12.1 Å². The Labute approximate surface area is 164 Å². The molecule has 0 aromatic heterocycles. The molecule has 0 spiro atoms. The van der Waals surface area contributed by atoms with Crippen LogP contribution in [0.25, 0.3) is 0 Å². The first-order valence-corrected chi connectivity index (χ1v) is 9.83. The molecule has 0 aliphatic carbocycles. The number of carbonyl (C=O) groups excluding carboxylic acids is 2. The van der Waals surface area contributed by atoms with E-state index in [1.807, 2.05) is 11.0 Å². The number of fused-ring (bicyclic) bond motifs is 2. The maximum absolute atomic E-state index is 13.3. The molecular formula is C22H24FN3O2. The van der Waals surface area contributed by atoms with E-state index in [0.717, 1.165) is 38.0 Å². The second kappa shape index (κ2) is 7.62. The molecule has 5 nitrogen and oxygen atoms in total. The molecular weight excluding hydrogens is 357 g/mol. The Morgan fingerprint density at radius 1 is 1.21 bits per heavy atom. The molecule has 2 aliphatic heterocycles. The minimum absolute atomic E-state index is 0.0520. The van der Waals surface area contributed by atoms with Crippen molar-refractivity contribution < 1.29 is 14.0 Å². The molecule has 146 valence electrons. The molecule has 1 fully saturated rings. The first kappa shape index (κ1) is 18.5. The second-order valence-corrected chi connectivity index (χ2v) is 7.31. The Morgan fingerprint density at radius 2 is 2.07 bits per heavy atom. The van der Waals surface area contributed by atoms with Gasteiger partial charge >= 0.3 is 0 Å². The number of anilines is 1. The molecule has 2 aliphatic rings. The number of halogens is 1.